The molecule has 1 saturated heterocycles. The van der Waals surface area contributed by atoms with Crippen molar-refractivity contribution in [3.8, 4) is 5.82 Å². The third-order valence-electron chi connectivity index (χ3n) is 4.50. The minimum Gasteiger partial charge on any atom is -0.450 e. The van der Waals surface area contributed by atoms with Crippen molar-refractivity contribution in [3.63, 3.8) is 0 Å². The summed E-state index contributed by atoms with van der Waals surface area (Å²) in [6.45, 7) is 4.47. The predicted octanol–water partition coefficient (Wildman–Crippen LogP) is 1.07. The largest absolute Gasteiger partial charge is 0.450 e. The van der Waals surface area contributed by atoms with Crippen molar-refractivity contribution in [2.45, 2.75) is 6.92 Å². The lowest BCUT2D eigenvalue weighted by Gasteiger charge is -2.35. The van der Waals surface area contributed by atoms with Gasteiger partial charge in [0, 0.05) is 26.2 Å². The van der Waals surface area contributed by atoms with Gasteiger partial charge in [-0.05, 0) is 19.1 Å². The van der Waals surface area contributed by atoms with E-state index in [1.54, 1.807) is 16.5 Å². The number of hydrogen-bond acceptors (Lipinski definition) is 8. The molecular weight excluding hydrogens is 348 g/mol. The number of carbonyl (C=O) groups is 1. The lowest BCUT2D eigenvalue weighted by molar-refractivity contribution is 0.105. The monoisotopic (exact) mass is 368 g/mol. The maximum atomic E-state index is 11.9. The van der Waals surface area contributed by atoms with Gasteiger partial charge in [-0.1, -0.05) is 17.3 Å². The molecule has 10 nitrogen and oxygen atoms in total. The summed E-state index contributed by atoms with van der Waals surface area (Å²) in [5, 5.41) is 8.33. The van der Waals surface area contributed by atoms with Crippen LogP contribution in [0, 0.1) is 0 Å². The van der Waals surface area contributed by atoms with E-state index in [2.05, 4.69) is 20.3 Å². The average molecular weight is 368 g/mol. The summed E-state index contributed by atoms with van der Waals surface area (Å²) in [6.07, 6.45) is 1.18. The van der Waals surface area contributed by atoms with Crippen LogP contribution in [0.5, 0.6) is 0 Å². The first-order chi connectivity index (χ1) is 13.2. The van der Waals surface area contributed by atoms with Crippen molar-refractivity contribution in [3.05, 3.63) is 30.6 Å². The molecule has 0 spiro atoms. The highest BCUT2D eigenvalue weighted by Gasteiger charge is 2.25. The van der Waals surface area contributed by atoms with E-state index in [1.807, 2.05) is 29.2 Å². The fourth-order valence-electron chi connectivity index (χ4n) is 3.14. The maximum Gasteiger partial charge on any atom is 0.409 e. The van der Waals surface area contributed by atoms with Crippen LogP contribution in [-0.4, -0.2) is 68.7 Å². The Labute approximate surface area is 155 Å². The van der Waals surface area contributed by atoms with Crippen LogP contribution < -0.4 is 10.6 Å². The maximum absolute atomic E-state index is 11.9. The van der Waals surface area contributed by atoms with Crippen LogP contribution in [0.3, 0.4) is 0 Å². The molecule has 0 atom stereocenters. The van der Waals surface area contributed by atoms with Gasteiger partial charge < -0.3 is 20.3 Å². The number of nitrogens with two attached hydrogens (primary N) is 1. The molecule has 1 amide bonds. The topological polar surface area (TPSA) is 115 Å². The number of amides is 1. The molecule has 2 N–H and O–H groups in total. The van der Waals surface area contributed by atoms with Gasteiger partial charge >= 0.3 is 6.09 Å². The molecule has 4 rings (SSSR count). The van der Waals surface area contributed by atoms with E-state index in [-0.39, 0.29) is 6.09 Å². The van der Waals surface area contributed by atoms with Crippen molar-refractivity contribution in [1.29, 1.82) is 0 Å². The molecular formula is C17H20N8O2. The molecule has 0 saturated carbocycles. The lowest BCUT2D eigenvalue weighted by atomic mass is 10.3. The first-order valence-electron chi connectivity index (χ1n) is 8.77. The minimum absolute atomic E-state index is 0.289. The van der Waals surface area contributed by atoms with Crippen LogP contribution in [-0.2, 0) is 4.74 Å². The van der Waals surface area contributed by atoms with Gasteiger partial charge in [0.15, 0.2) is 11.6 Å². The van der Waals surface area contributed by atoms with Gasteiger partial charge in [-0.3, -0.25) is 0 Å². The second kappa shape index (κ2) is 7.06. The van der Waals surface area contributed by atoms with Gasteiger partial charge in [-0.2, -0.15) is 4.68 Å². The van der Waals surface area contributed by atoms with Gasteiger partial charge in [-0.15, -0.1) is 5.10 Å². The van der Waals surface area contributed by atoms with E-state index in [0.717, 1.165) is 11.0 Å². The molecule has 1 aromatic carbocycles. The van der Waals surface area contributed by atoms with E-state index in [9.17, 15) is 4.79 Å². The summed E-state index contributed by atoms with van der Waals surface area (Å²) in [7, 11) is 0. The number of fused-ring (bicyclic) bond motifs is 1. The van der Waals surface area contributed by atoms with E-state index in [1.165, 1.54) is 6.33 Å². The van der Waals surface area contributed by atoms with Crippen LogP contribution in [0.15, 0.2) is 30.6 Å². The quantitative estimate of drug-likeness (QED) is 0.730. The number of nitrogens with zero attached hydrogens (tertiary/aromatic N) is 7. The van der Waals surface area contributed by atoms with Crippen molar-refractivity contribution >= 4 is 28.6 Å². The van der Waals surface area contributed by atoms with Gasteiger partial charge in [0.2, 0.25) is 0 Å². The number of carbonyl (C=O) groups excluding carboxylic acids is 1. The Morgan fingerprint density at radius 2 is 1.89 bits per heavy atom. The molecule has 0 bridgehead atoms. The van der Waals surface area contributed by atoms with Gasteiger partial charge in [0.25, 0.3) is 0 Å². The van der Waals surface area contributed by atoms with Crippen LogP contribution in [0.25, 0.3) is 16.9 Å². The molecule has 3 heterocycles. The normalized spacial score (nSPS) is 14.6. The number of aromatic nitrogens is 5. The highest BCUT2D eigenvalue weighted by atomic mass is 16.6. The van der Waals surface area contributed by atoms with Crippen LogP contribution in [0.1, 0.15) is 6.92 Å². The van der Waals surface area contributed by atoms with Crippen LogP contribution in [0.2, 0.25) is 0 Å². The van der Waals surface area contributed by atoms with Crippen molar-refractivity contribution in [2.75, 3.05) is 43.4 Å². The van der Waals surface area contributed by atoms with E-state index in [0.29, 0.717) is 50.1 Å². The summed E-state index contributed by atoms with van der Waals surface area (Å²) in [4.78, 5) is 24.2. The zero-order valence-electron chi connectivity index (χ0n) is 14.9. The van der Waals surface area contributed by atoms with Crippen LogP contribution in [0.4, 0.5) is 16.3 Å². The molecule has 1 aliphatic rings. The molecule has 27 heavy (non-hydrogen) atoms. The number of anilines is 2. The number of benzene rings is 1. The summed E-state index contributed by atoms with van der Waals surface area (Å²) in [5.41, 5.74) is 8.39. The summed E-state index contributed by atoms with van der Waals surface area (Å²) in [6, 6.07) is 7.61. The lowest BCUT2D eigenvalue weighted by Crippen LogP contribution is -2.49. The molecule has 10 heteroatoms. The molecule has 2 aromatic heterocycles. The molecule has 0 aliphatic carbocycles. The third-order valence-corrected chi connectivity index (χ3v) is 4.50. The molecule has 0 radical (unpaired) electrons. The number of para-hydroxylation sites is 1. The third kappa shape index (κ3) is 3.09. The fraction of sp³-hybridized carbons (Fsp3) is 0.353. The standard InChI is InChI=1S/C17H20N8O2/c1-2-27-17(26)24-9-7-23(8-10-24)15-14(18)16(20-11-19-15)25-13-6-4-3-5-12(13)21-22-25/h3-6,11H,2,7-10,18H2,1H3. The second-order valence-electron chi connectivity index (χ2n) is 6.10. The summed E-state index contributed by atoms with van der Waals surface area (Å²) in [5.74, 6) is 1.12. The van der Waals surface area contributed by atoms with Gasteiger partial charge in [0.1, 0.15) is 17.5 Å². The number of rotatable bonds is 3. The summed E-state index contributed by atoms with van der Waals surface area (Å²) < 4.78 is 6.67. The van der Waals surface area contributed by atoms with Gasteiger partial charge in [0.05, 0.1) is 12.1 Å². The van der Waals surface area contributed by atoms with Crippen molar-refractivity contribution < 1.29 is 9.53 Å². The molecule has 1 aliphatic heterocycles. The van der Waals surface area contributed by atoms with Crippen molar-refractivity contribution in [2.24, 2.45) is 0 Å². The number of piperazine rings is 1. The zero-order valence-corrected chi connectivity index (χ0v) is 14.9. The molecule has 140 valence electrons. The fourth-order valence-corrected chi connectivity index (χ4v) is 3.14. The second-order valence-corrected chi connectivity index (χ2v) is 6.10. The van der Waals surface area contributed by atoms with Crippen molar-refractivity contribution in [1.82, 2.24) is 29.9 Å². The smallest absolute Gasteiger partial charge is 0.409 e. The Balaban J connectivity index is 1.59. The Morgan fingerprint density at radius 1 is 1.15 bits per heavy atom. The first-order valence-corrected chi connectivity index (χ1v) is 8.77. The number of nitrogen functional groups attached to an aromatic ring is 1. The average Bonchev–Trinajstić information content (AvgIpc) is 3.12. The van der Waals surface area contributed by atoms with E-state index < -0.39 is 0 Å². The Morgan fingerprint density at radius 3 is 2.67 bits per heavy atom. The van der Waals surface area contributed by atoms with E-state index in [4.69, 9.17) is 10.5 Å². The zero-order chi connectivity index (χ0) is 18.8. The van der Waals surface area contributed by atoms with Gasteiger partial charge in [-0.25, -0.2) is 14.8 Å². The van der Waals surface area contributed by atoms with E-state index >= 15 is 0 Å². The van der Waals surface area contributed by atoms with Crippen LogP contribution >= 0.6 is 0 Å². The number of hydrogen-bond donors (Lipinski definition) is 1. The first kappa shape index (κ1) is 17.0. The highest BCUT2D eigenvalue weighted by Crippen LogP contribution is 2.27. The summed E-state index contributed by atoms with van der Waals surface area (Å²) >= 11 is 0. The molecule has 3 aromatic rings. The SMILES string of the molecule is CCOC(=O)N1CCN(c2ncnc(-n3nnc4ccccc43)c2N)CC1. The number of ether oxygens (including phenoxy) is 1. The minimum atomic E-state index is -0.289. The Hall–Kier alpha value is -3.43. The molecule has 1 fully saturated rings. The Kier molecular flexibility index (Phi) is 4.45. The highest BCUT2D eigenvalue weighted by molar-refractivity contribution is 5.79. The molecule has 0 unspecified atom stereocenters. The predicted molar refractivity (Wildman–Crippen MR) is 99.7 cm³/mol. The Bertz CT molecular complexity index is 964.